The second kappa shape index (κ2) is 6.64. The van der Waals surface area contributed by atoms with Gasteiger partial charge in [-0.1, -0.05) is 5.21 Å². The molecule has 19 heavy (non-hydrogen) atoms. The lowest BCUT2D eigenvalue weighted by molar-refractivity contribution is 0.0830. The Morgan fingerprint density at radius 3 is 2.89 bits per heavy atom. The highest BCUT2D eigenvalue weighted by atomic mass is 16.5. The van der Waals surface area contributed by atoms with Crippen molar-refractivity contribution in [2.24, 2.45) is 0 Å². The van der Waals surface area contributed by atoms with Crippen LogP contribution in [0, 0.1) is 11.3 Å². The zero-order chi connectivity index (χ0) is 13.7. The zero-order valence-electron chi connectivity index (χ0n) is 11.2. The molecule has 1 fully saturated rings. The third-order valence-electron chi connectivity index (χ3n) is 3.46. The van der Waals surface area contributed by atoms with E-state index in [1.807, 2.05) is 4.68 Å². The van der Waals surface area contributed by atoms with Gasteiger partial charge in [0.1, 0.15) is 5.69 Å². The number of hydrogen-bond donors (Lipinski definition) is 1. The van der Waals surface area contributed by atoms with Crippen molar-refractivity contribution < 1.29 is 9.84 Å². The standard InChI is InChI=1S/C13H20N4O2/c1-10(18)3-7-17-13(11-4-8-19-9-5-11)12(2-6-14)15-16-17/h10-11,18H,2-5,7-9H2,1H3. The Labute approximate surface area is 113 Å². The average Bonchev–Trinajstić information content (AvgIpc) is 2.81. The number of aromatic nitrogens is 3. The normalized spacial score (nSPS) is 18.2. The molecule has 0 aromatic carbocycles. The van der Waals surface area contributed by atoms with E-state index in [1.54, 1.807) is 6.92 Å². The molecule has 2 rings (SSSR count). The molecule has 1 aliphatic heterocycles. The molecule has 0 amide bonds. The van der Waals surface area contributed by atoms with Crippen LogP contribution >= 0.6 is 0 Å². The predicted octanol–water partition coefficient (Wildman–Crippen LogP) is 1.01. The van der Waals surface area contributed by atoms with E-state index in [9.17, 15) is 5.11 Å². The summed E-state index contributed by atoms with van der Waals surface area (Å²) in [7, 11) is 0. The van der Waals surface area contributed by atoms with Crippen LogP contribution in [0.1, 0.15) is 43.5 Å². The van der Waals surface area contributed by atoms with Crippen LogP contribution in [0.15, 0.2) is 0 Å². The Hall–Kier alpha value is -1.45. The first-order valence-corrected chi connectivity index (χ1v) is 6.77. The van der Waals surface area contributed by atoms with Crippen molar-refractivity contribution in [2.75, 3.05) is 13.2 Å². The third kappa shape index (κ3) is 3.52. The smallest absolute Gasteiger partial charge is 0.100 e. The second-order valence-electron chi connectivity index (χ2n) is 5.00. The largest absolute Gasteiger partial charge is 0.393 e. The summed E-state index contributed by atoms with van der Waals surface area (Å²) in [5.41, 5.74) is 1.84. The molecule has 0 spiro atoms. The molecule has 0 saturated carbocycles. The first-order valence-electron chi connectivity index (χ1n) is 6.77. The number of aliphatic hydroxyl groups is 1. The molecule has 6 heteroatoms. The minimum Gasteiger partial charge on any atom is -0.393 e. The van der Waals surface area contributed by atoms with E-state index in [1.165, 1.54) is 0 Å². The Kier molecular flexibility index (Phi) is 4.88. The Bertz CT molecular complexity index is 444. The number of ether oxygens (including phenoxy) is 1. The maximum absolute atomic E-state index is 9.39. The summed E-state index contributed by atoms with van der Waals surface area (Å²) in [5, 5.41) is 26.5. The summed E-state index contributed by atoms with van der Waals surface area (Å²) in [4.78, 5) is 0. The number of nitriles is 1. The van der Waals surface area contributed by atoms with Crippen molar-refractivity contribution in [3.05, 3.63) is 11.4 Å². The fraction of sp³-hybridized carbons (Fsp3) is 0.769. The molecule has 1 N–H and O–H groups in total. The zero-order valence-corrected chi connectivity index (χ0v) is 11.2. The van der Waals surface area contributed by atoms with Gasteiger partial charge in [0.05, 0.1) is 24.3 Å². The van der Waals surface area contributed by atoms with Crippen LogP contribution in [-0.4, -0.2) is 39.4 Å². The highest BCUT2D eigenvalue weighted by Crippen LogP contribution is 2.29. The van der Waals surface area contributed by atoms with Crippen molar-refractivity contribution in [1.82, 2.24) is 15.0 Å². The summed E-state index contributed by atoms with van der Waals surface area (Å²) >= 11 is 0. The van der Waals surface area contributed by atoms with Gasteiger partial charge in [-0.25, -0.2) is 4.68 Å². The predicted molar refractivity (Wildman–Crippen MR) is 68.4 cm³/mol. The Balaban J connectivity index is 2.19. The van der Waals surface area contributed by atoms with E-state index >= 15 is 0 Å². The molecule has 6 nitrogen and oxygen atoms in total. The van der Waals surface area contributed by atoms with Gasteiger partial charge in [-0.2, -0.15) is 5.26 Å². The van der Waals surface area contributed by atoms with Crippen molar-refractivity contribution in [3.8, 4) is 6.07 Å². The first kappa shape index (κ1) is 14.0. The van der Waals surface area contributed by atoms with Gasteiger partial charge < -0.3 is 9.84 Å². The lowest BCUT2D eigenvalue weighted by Crippen LogP contribution is -2.20. The number of hydrogen-bond acceptors (Lipinski definition) is 5. The minimum absolute atomic E-state index is 0.293. The second-order valence-corrected chi connectivity index (χ2v) is 5.00. The topological polar surface area (TPSA) is 84.0 Å². The maximum Gasteiger partial charge on any atom is 0.100 e. The van der Waals surface area contributed by atoms with Gasteiger partial charge in [0.25, 0.3) is 0 Å². The van der Waals surface area contributed by atoms with Gasteiger partial charge in [0.15, 0.2) is 0 Å². The SMILES string of the molecule is CC(O)CCn1nnc(CC#N)c1C1CCOCC1. The van der Waals surface area contributed by atoms with E-state index in [0.717, 1.165) is 37.4 Å². The van der Waals surface area contributed by atoms with E-state index < -0.39 is 0 Å². The van der Waals surface area contributed by atoms with Gasteiger partial charge in [-0.05, 0) is 26.2 Å². The molecule has 1 aliphatic rings. The van der Waals surface area contributed by atoms with Gasteiger partial charge in [0.2, 0.25) is 0 Å². The highest BCUT2D eigenvalue weighted by Gasteiger charge is 2.24. The van der Waals surface area contributed by atoms with Crippen LogP contribution in [0.25, 0.3) is 0 Å². The summed E-state index contributed by atoms with van der Waals surface area (Å²) in [6.07, 6.45) is 2.47. The highest BCUT2D eigenvalue weighted by molar-refractivity contribution is 5.19. The van der Waals surface area contributed by atoms with Crippen molar-refractivity contribution in [1.29, 1.82) is 5.26 Å². The molecule has 1 unspecified atom stereocenters. The summed E-state index contributed by atoms with van der Waals surface area (Å²) < 4.78 is 7.24. The molecular formula is C13H20N4O2. The van der Waals surface area contributed by atoms with E-state index in [2.05, 4.69) is 16.4 Å². The van der Waals surface area contributed by atoms with Crippen LogP contribution in [0.2, 0.25) is 0 Å². The van der Waals surface area contributed by atoms with Crippen LogP contribution < -0.4 is 0 Å². The van der Waals surface area contributed by atoms with Gasteiger partial charge >= 0.3 is 0 Å². The Morgan fingerprint density at radius 1 is 1.53 bits per heavy atom. The van der Waals surface area contributed by atoms with E-state index in [4.69, 9.17) is 10.00 Å². The number of nitrogens with zero attached hydrogens (tertiary/aromatic N) is 4. The molecule has 2 heterocycles. The van der Waals surface area contributed by atoms with Crippen LogP contribution in [0.5, 0.6) is 0 Å². The quantitative estimate of drug-likeness (QED) is 0.858. The van der Waals surface area contributed by atoms with Crippen LogP contribution in [0.3, 0.4) is 0 Å². The van der Waals surface area contributed by atoms with E-state index in [0.29, 0.717) is 25.3 Å². The van der Waals surface area contributed by atoms with E-state index in [-0.39, 0.29) is 6.10 Å². The van der Waals surface area contributed by atoms with Crippen LogP contribution in [-0.2, 0) is 17.7 Å². The first-order chi connectivity index (χ1) is 9.22. The molecule has 1 aromatic rings. The van der Waals surface area contributed by atoms with Gasteiger partial charge in [0, 0.05) is 25.7 Å². The molecule has 0 bridgehead atoms. The monoisotopic (exact) mass is 264 g/mol. The fourth-order valence-corrected chi connectivity index (χ4v) is 2.45. The average molecular weight is 264 g/mol. The lowest BCUT2D eigenvalue weighted by atomic mass is 9.94. The Morgan fingerprint density at radius 2 is 2.26 bits per heavy atom. The summed E-state index contributed by atoms with van der Waals surface area (Å²) in [5.74, 6) is 0.362. The molecule has 104 valence electrons. The number of rotatable bonds is 5. The number of aryl methyl sites for hydroxylation is 1. The number of aliphatic hydroxyl groups excluding tert-OH is 1. The maximum atomic E-state index is 9.39. The third-order valence-corrected chi connectivity index (χ3v) is 3.46. The van der Waals surface area contributed by atoms with Gasteiger partial charge in [-0.3, -0.25) is 0 Å². The summed E-state index contributed by atoms with van der Waals surface area (Å²) in [6, 6.07) is 2.15. The van der Waals surface area contributed by atoms with Crippen LogP contribution in [0.4, 0.5) is 0 Å². The van der Waals surface area contributed by atoms with Crippen molar-refractivity contribution in [3.63, 3.8) is 0 Å². The fourth-order valence-electron chi connectivity index (χ4n) is 2.45. The lowest BCUT2D eigenvalue weighted by Gasteiger charge is -2.23. The van der Waals surface area contributed by atoms with Gasteiger partial charge in [-0.15, -0.1) is 5.10 Å². The molecule has 1 atom stereocenters. The molecule has 0 radical (unpaired) electrons. The van der Waals surface area contributed by atoms with Crippen molar-refractivity contribution in [2.45, 2.75) is 51.2 Å². The summed E-state index contributed by atoms with van der Waals surface area (Å²) in [6.45, 7) is 3.90. The van der Waals surface area contributed by atoms with Crippen molar-refractivity contribution >= 4 is 0 Å². The molecule has 1 aromatic heterocycles. The molecular weight excluding hydrogens is 244 g/mol. The molecule has 0 aliphatic carbocycles. The minimum atomic E-state index is -0.355. The molecule has 1 saturated heterocycles.